The lowest BCUT2D eigenvalue weighted by Crippen LogP contribution is -2.13. The van der Waals surface area contributed by atoms with E-state index in [1.54, 1.807) is 0 Å². The van der Waals surface area contributed by atoms with Crippen molar-refractivity contribution in [2.45, 2.75) is 77.7 Å². The molecular formula is C26H35ClO2. The van der Waals surface area contributed by atoms with Gasteiger partial charge < -0.3 is 9.47 Å². The summed E-state index contributed by atoms with van der Waals surface area (Å²) in [5.41, 5.74) is 2.66. The van der Waals surface area contributed by atoms with Crippen LogP contribution in [0.4, 0.5) is 0 Å². The quantitative estimate of drug-likeness (QED) is 0.365. The summed E-state index contributed by atoms with van der Waals surface area (Å²) in [7, 11) is 0. The first kappa shape index (κ1) is 22.0. The Labute approximate surface area is 181 Å². The normalized spacial score (nSPS) is 19.1. The minimum Gasteiger partial charge on any atom is -0.494 e. The molecule has 3 rings (SSSR count). The van der Waals surface area contributed by atoms with Crippen LogP contribution >= 0.6 is 11.6 Å². The highest BCUT2D eigenvalue weighted by Crippen LogP contribution is 2.37. The summed E-state index contributed by atoms with van der Waals surface area (Å²) in [4.78, 5) is 0. The molecule has 0 saturated heterocycles. The highest BCUT2D eigenvalue weighted by atomic mass is 35.5. The summed E-state index contributed by atoms with van der Waals surface area (Å²) in [5, 5.41) is 0.597. The Morgan fingerprint density at radius 2 is 1.66 bits per heavy atom. The summed E-state index contributed by atoms with van der Waals surface area (Å²) in [6, 6.07) is 14.6. The van der Waals surface area contributed by atoms with Crippen LogP contribution in [0.2, 0.25) is 5.02 Å². The third-order valence-electron chi connectivity index (χ3n) is 6.06. The van der Waals surface area contributed by atoms with Crippen LogP contribution in [0.25, 0.3) is 0 Å². The zero-order valence-electron chi connectivity index (χ0n) is 18.0. The Hall–Kier alpha value is -1.67. The van der Waals surface area contributed by atoms with E-state index >= 15 is 0 Å². The van der Waals surface area contributed by atoms with Gasteiger partial charge in [0.25, 0.3) is 0 Å². The van der Waals surface area contributed by atoms with Gasteiger partial charge in [0, 0.05) is 6.07 Å². The van der Waals surface area contributed by atoms with Crippen molar-refractivity contribution in [2.75, 3.05) is 6.61 Å². The van der Waals surface area contributed by atoms with Gasteiger partial charge in [-0.05, 0) is 67.2 Å². The molecule has 2 aromatic rings. The first-order chi connectivity index (χ1) is 14.2. The van der Waals surface area contributed by atoms with Crippen molar-refractivity contribution in [2.24, 2.45) is 5.92 Å². The van der Waals surface area contributed by atoms with Crippen LogP contribution in [0.5, 0.6) is 11.5 Å². The molecule has 1 aliphatic rings. The molecule has 2 aromatic carbocycles. The molecule has 29 heavy (non-hydrogen) atoms. The van der Waals surface area contributed by atoms with Crippen molar-refractivity contribution in [3.05, 3.63) is 58.6 Å². The number of hydrogen-bond acceptors (Lipinski definition) is 2. The van der Waals surface area contributed by atoms with Crippen molar-refractivity contribution < 1.29 is 9.47 Å². The molecule has 158 valence electrons. The van der Waals surface area contributed by atoms with Crippen molar-refractivity contribution in [1.82, 2.24) is 0 Å². The number of benzene rings is 2. The van der Waals surface area contributed by atoms with E-state index in [0.29, 0.717) is 17.4 Å². The van der Waals surface area contributed by atoms with Crippen LogP contribution in [-0.2, 0) is 6.61 Å². The molecule has 0 N–H and O–H groups in total. The lowest BCUT2D eigenvalue weighted by molar-refractivity contribution is 0.299. The van der Waals surface area contributed by atoms with Crippen LogP contribution in [0.3, 0.4) is 0 Å². The Balaban J connectivity index is 1.49. The topological polar surface area (TPSA) is 18.5 Å². The monoisotopic (exact) mass is 414 g/mol. The van der Waals surface area contributed by atoms with E-state index in [1.807, 2.05) is 18.2 Å². The molecule has 0 bridgehead atoms. The number of rotatable bonds is 10. The number of ether oxygens (including phenoxy) is 2. The summed E-state index contributed by atoms with van der Waals surface area (Å²) in [5.74, 6) is 3.19. The lowest BCUT2D eigenvalue weighted by atomic mass is 9.77. The van der Waals surface area contributed by atoms with Gasteiger partial charge in [-0.2, -0.15) is 0 Å². The SMILES string of the molecule is CCCCOc1ccc(OCc2ccc(C3CCC(CCC)CC3)cc2)c(Cl)c1. The molecule has 0 aromatic heterocycles. The van der Waals surface area contributed by atoms with Crippen molar-refractivity contribution >= 4 is 11.6 Å². The maximum Gasteiger partial charge on any atom is 0.138 e. The van der Waals surface area contributed by atoms with Crippen LogP contribution in [0, 0.1) is 5.92 Å². The predicted molar refractivity (Wildman–Crippen MR) is 122 cm³/mol. The fourth-order valence-corrected chi connectivity index (χ4v) is 4.49. The highest BCUT2D eigenvalue weighted by Gasteiger charge is 2.21. The molecule has 0 radical (unpaired) electrons. The van der Waals surface area contributed by atoms with E-state index < -0.39 is 0 Å². The van der Waals surface area contributed by atoms with E-state index in [0.717, 1.165) is 37.0 Å². The molecule has 0 heterocycles. The van der Waals surface area contributed by atoms with Crippen LogP contribution in [-0.4, -0.2) is 6.61 Å². The Morgan fingerprint density at radius 3 is 2.31 bits per heavy atom. The van der Waals surface area contributed by atoms with Gasteiger partial charge >= 0.3 is 0 Å². The largest absolute Gasteiger partial charge is 0.494 e. The van der Waals surface area contributed by atoms with Crippen molar-refractivity contribution in [3.8, 4) is 11.5 Å². The summed E-state index contributed by atoms with van der Waals surface area (Å²) >= 11 is 6.36. The number of hydrogen-bond donors (Lipinski definition) is 0. The summed E-state index contributed by atoms with van der Waals surface area (Å²) in [6.07, 6.45) is 10.3. The smallest absolute Gasteiger partial charge is 0.138 e. The van der Waals surface area contributed by atoms with Gasteiger partial charge in [-0.15, -0.1) is 0 Å². The second kappa shape index (κ2) is 11.5. The molecule has 2 nitrogen and oxygen atoms in total. The number of unbranched alkanes of at least 4 members (excludes halogenated alkanes) is 1. The van der Waals surface area contributed by atoms with Crippen molar-refractivity contribution in [3.63, 3.8) is 0 Å². The average molecular weight is 415 g/mol. The van der Waals surface area contributed by atoms with Gasteiger partial charge in [0.2, 0.25) is 0 Å². The van der Waals surface area contributed by atoms with Gasteiger partial charge in [-0.25, -0.2) is 0 Å². The predicted octanol–water partition coefficient (Wildman–Crippen LogP) is 8.17. The zero-order chi connectivity index (χ0) is 20.5. The maximum atomic E-state index is 6.36. The molecule has 3 heteroatoms. The highest BCUT2D eigenvalue weighted by molar-refractivity contribution is 6.32. The van der Waals surface area contributed by atoms with Gasteiger partial charge in [0.15, 0.2) is 0 Å². The second-order valence-electron chi connectivity index (χ2n) is 8.33. The van der Waals surface area contributed by atoms with Gasteiger partial charge in [0.1, 0.15) is 18.1 Å². The third-order valence-corrected chi connectivity index (χ3v) is 6.35. The molecule has 1 saturated carbocycles. The molecule has 1 fully saturated rings. The Morgan fingerprint density at radius 1 is 0.897 bits per heavy atom. The Bertz CT molecular complexity index is 733. The van der Waals surface area contributed by atoms with E-state index in [2.05, 4.69) is 38.1 Å². The third kappa shape index (κ3) is 6.67. The van der Waals surface area contributed by atoms with Crippen LogP contribution < -0.4 is 9.47 Å². The first-order valence-corrected chi connectivity index (χ1v) is 11.7. The molecule has 1 aliphatic carbocycles. The average Bonchev–Trinajstić information content (AvgIpc) is 2.75. The standard InChI is InChI=1S/C26H35ClO2/c1-3-5-17-28-24-15-16-26(25(27)18-24)29-19-21-9-13-23(14-10-21)22-11-7-20(6-4-2)8-12-22/h9-10,13-16,18,20,22H,3-8,11-12,17,19H2,1-2H3. The number of halogens is 1. The van der Waals surface area contributed by atoms with E-state index in [1.165, 1.54) is 49.7 Å². The molecule has 0 unspecified atom stereocenters. The van der Waals surface area contributed by atoms with Crippen LogP contribution in [0.1, 0.15) is 82.3 Å². The van der Waals surface area contributed by atoms with Gasteiger partial charge in [-0.3, -0.25) is 0 Å². The first-order valence-electron chi connectivity index (χ1n) is 11.3. The van der Waals surface area contributed by atoms with E-state index in [-0.39, 0.29) is 0 Å². The molecule has 0 spiro atoms. The fraction of sp³-hybridized carbons (Fsp3) is 0.538. The maximum absolute atomic E-state index is 6.36. The molecule has 0 atom stereocenters. The van der Waals surface area contributed by atoms with E-state index in [4.69, 9.17) is 21.1 Å². The van der Waals surface area contributed by atoms with Gasteiger partial charge in [0.05, 0.1) is 11.6 Å². The van der Waals surface area contributed by atoms with Gasteiger partial charge in [-0.1, -0.05) is 69.0 Å². The minimum atomic E-state index is 0.527. The zero-order valence-corrected chi connectivity index (χ0v) is 18.7. The minimum absolute atomic E-state index is 0.527. The van der Waals surface area contributed by atoms with Crippen molar-refractivity contribution in [1.29, 1.82) is 0 Å². The summed E-state index contributed by atoms with van der Waals surface area (Å²) in [6.45, 7) is 5.70. The van der Waals surface area contributed by atoms with Crippen LogP contribution in [0.15, 0.2) is 42.5 Å². The fourth-order valence-electron chi connectivity index (χ4n) is 4.26. The molecule has 0 amide bonds. The lowest BCUT2D eigenvalue weighted by Gasteiger charge is -2.28. The summed E-state index contributed by atoms with van der Waals surface area (Å²) < 4.78 is 11.6. The second-order valence-corrected chi connectivity index (χ2v) is 8.74. The Kier molecular flexibility index (Phi) is 8.73. The molecular weight excluding hydrogens is 380 g/mol. The van der Waals surface area contributed by atoms with E-state index in [9.17, 15) is 0 Å². The molecule has 0 aliphatic heterocycles.